The van der Waals surface area contributed by atoms with E-state index < -0.39 is 0 Å². The summed E-state index contributed by atoms with van der Waals surface area (Å²) in [6.07, 6.45) is 4.14. The lowest BCUT2D eigenvalue weighted by atomic mass is 10.0. The van der Waals surface area contributed by atoms with Crippen molar-refractivity contribution in [3.63, 3.8) is 0 Å². The fourth-order valence-corrected chi connectivity index (χ4v) is 2.35. The van der Waals surface area contributed by atoms with Gasteiger partial charge >= 0.3 is 5.97 Å². The number of hydrogen-bond donors (Lipinski definition) is 2. The summed E-state index contributed by atoms with van der Waals surface area (Å²) >= 11 is 0. The van der Waals surface area contributed by atoms with Crippen LogP contribution < -0.4 is 11.1 Å². The van der Waals surface area contributed by atoms with Crippen molar-refractivity contribution >= 4 is 28.1 Å². The minimum Gasteiger partial charge on any atom is -0.467 e. The molecule has 0 saturated heterocycles. The number of benzene rings is 1. The minimum atomic E-state index is -0.380. The van der Waals surface area contributed by atoms with Gasteiger partial charge in [-0.15, -0.1) is 0 Å². The average Bonchev–Trinajstić information content (AvgIpc) is 2.48. The zero-order valence-corrected chi connectivity index (χ0v) is 12.6. The van der Waals surface area contributed by atoms with Gasteiger partial charge in [0.25, 0.3) is 0 Å². The molecule has 3 N–H and O–H groups in total. The number of fused-ring (bicyclic) bond motifs is 1. The first kappa shape index (κ1) is 15.1. The second kappa shape index (κ2) is 6.43. The maximum Gasteiger partial charge on any atom is 0.328 e. The van der Waals surface area contributed by atoms with Crippen molar-refractivity contribution in [2.75, 3.05) is 18.2 Å². The van der Waals surface area contributed by atoms with Crippen LogP contribution in [0.2, 0.25) is 0 Å². The van der Waals surface area contributed by atoms with Crippen LogP contribution in [0.4, 0.5) is 11.4 Å². The number of aromatic nitrogens is 1. The normalized spacial score (nSPS) is 12.4. The van der Waals surface area contributed by atoms with Crippen molar-refractivity contribution in [1.82, 2.24) is 4.98 Å². The lowest BCUT2D eigenvalue weighted by Crippen LogP contribution is -2.32. The number of anilines is 2. The molecule has 0 aliphatic rings. The number of methoxy groups -OCH3 is 1. The zero-order valence-electron chi connectivity index (χ0n) is 12.6. The molecule has 0 bridgehead atoms. The topological polar surface area (TPSA) is 77.2 Å². The van der Waals surface area contributed by atoms with E-state index in [0.717, 1.165) is 16.5 Å². The molecule has 0 spiro atoms. The lowest BCUT2D eigenvalue weighted by Gasteiger charge is -2.20. The number of nitrogens with one attached hydrogen (secondary N) is 1. The molecule has 5 heteroatoms. The van der Waals surface area contributed by atoms with Gasteiger partial charge in [0, 0.05) is 34.5 Å². The van der Waals surface area contributed by atoms with Gasteiger partial charge in [-0.3, -0.25) is 4.98 Å². The zero-order chi connectivity index (χ0) is 15.4. The van der Waals surface area contributed by atoms with Crippen molar-refractivity contribution in [1.29, 1.82) is 0 Å². The van der Waals surface area contributed by atoms with Gasteiger partial charge in [0.05, 0.1) is 7.11 Å². The molecule has 2 rings (SSSR count). The first-order valence-corrected chi connectivity index (χ1v) is 6.99. The Labute approximate surface area is 124 Å². The van der Waals surface area contributed by atoms with Crippen molar-refractivity contribution in [2.24, 2.45) is 5.92 Å². The van der Waals surface area contributed by atoms with E-state index in [0.29, 0.717) is 18.0 Å². The second-order valence-electron chi connectivity index (χ2n) is 5.47. The predicted molar refractivity (Wildman–Crippen MR) is 85.0 cm³/mol. The fourth-order valence-electron chi connectivity index (χ4n) is 2.35. The van der Waals surface area contributed by atoms with Gasteiger partial charge in [-0.25, -0.2) is 4.79 Å². The first-order valence-electron chi connectivity index (χ1n) is 6.99. The Balaban J connectivity index is 2.37. The maximum atomic E-state index is 11.9. The summed E-state index contributed by atoms with van der Waals surface area (Å²) in [6, 6.07) is 5.21. The standard InChI is InChI=1S/C16H21N3O2/c1-10(2)8-15(16(20)21-3)19-14-5-4-13(17)12-9-18-7-6-11(12)14/h4-7,9-10,15,19H,8,17H2,1-3H3. The molecular formula is C16H21N3O2. The highest BCUT2D eigenvalue weighted by atomic mass is 16.5. The van der Waals surface area contributed by atoms with E-state index in [9.17, 15) is 4.79 Å². The molecule has 1 aromatic carbocycles. The molecule has 1 atom stereocenters. The third kappa shape index (κ3) is 3.42. The van der Waals surface area contributed by atoms with E-state index in [-0.39, 0.29) is 12.0 Å². The van der Waals surface area contributed by atoms with Crippen LogP contribution >= 0.6 is 0 Å². The van der Waals surface area contributed by atoms with Crippen LogP contribution in [-0.4, -0.2) is 24.1 Å². The summed E-state index contributed by atoms with van der Waals surface area (Å²) in [4.78, 5) is 16.0. The number of pyridine rings is 1. The first-order chi connectivity index (χ1) is 10.0. The number of nitrogens with two attached hydrogens (primary N) is 1. The molecule has 1 unspecified atom stereocenters. The average molecular weight is 287 g/mol. The molecule has 1 aromatic heterocycles. The van der Waals surface area contributed by atoms with Crippen molar-refractivity contribution in [3.8, 4) is 0 Å². The smallest absolute Gasteiger partial charge is 0.328 e. The summed E-state index contributed by atoms with van der Waals surface area (Å²) in [5, 5.41) is 5.09. The molecule has 0 fully saturated rings. The van der Waals surface area contributed by atoms with Gasteiger partial charge in [-0.05, 0) is 30.5 Å². The van der Waals surface area contributed by atoms with Crippen LogP contribution in [0.1, 0.15) is 20.3 Å². The Kier molecular flexibility index (Phi) is 4.62. The summed E-state index contributed by atoms with van der Waals surface area (Å²) in [7, 11) is 1.41. The summed E-state index contributed by atoms with van der Waals surface area (Å²) in [5.41, 5.74) is 7.49. The molecule has 0 aliphatic heterocycles. The number of esters is 1. The van der Waals surface area contributed by atoms with E-state index in [1.54, 1.807) is 12.4 Å². The number of carbonyl (C=O) groups excluding carboxylic acids is 1. The molecule has 21 heavy (non-hydrogen) atoms. The van der Waals surface area contributed by atoms with E-state index in [1.165, 1.54) is 7.11 Å². The third-order valence-corrected chi connectivity index (χ3v) is 3.37. The number of hydrogen-bond acceptors (Lipinski definition) is 5. The second-order valence-corrected chi connectivity index (χ2v) is 5.47. The van der Waals surface area contributed by atoms with Crippen molar-refractivity contribution in [2.45, 2.75) is 26.3 Å². The molecule has 5 nitrogen and oxygen atoms in total. The Morgan fingerprint density at radius 1 is 1.33 bits per heavy atom. The molecule has 112 valence electrons. The van der Waals surface area contributed by atoms with Crippen LogP contribution in [0.25, 0.3) is 10.8 Å². The van der Waals surface area contributed by atoms with Crippen LogP contribution in [-0.2, 0) is 9.53 Å². The molecule has 2 aromatic rings. The monoisotopic (exact) mass is 287 g/mol. The van der Waals surface area contributed by atoms with E-state index >= 15 is 0 Å². The van der Waals surface area contributed by atoms with Gasteiger partial charge in [0.2, 0.25) is 0 Å². The van der Waals surface area contributed by atoms with E-state index in [1.807, 2.05) is 18.2 Å². The predicted octanol–water partition coefficient (Wildman–Crippen LogP) is 2.82. The quantitative estimate of drug-likeness (QED) is 0.653. The maximum absolute atomic E-state index is 11.9. The number of rotatable bonds is 5. The van der Waals surface area contributed by atoms with Gasteiger partial charge < -0.3 is 15.8 Å². The highest BCUT2D eigenvalue weighted by molar-refractivity contribution is 6.01. The number of carbonyl (C=O) groups is 1. The Bertz CT molecular complexity index is 640. The molecule has 0 saturated carbocycles. The highest BCUT2D eigenvalue weighted by Gasteiger charge is 2.21. The Morgan fingerprint density at radius 2 is 2.10 bits per heavy atom. The summed E-state index contributed by atoms with van der Waals surface area (Å²) in [6.45, 7) is 4.14. The molecule has 0 radical (unpaired) electrons. The van der Waals surface area contributed by atoms with Crippen LogP contribution in [0.3, 0.4) is 0 Å². The largest absolute Gasteiger partial charge is 0.467 e. The SMILES string of the molecule is COC(=O)C(CC(C)C)Nc1ccc(N)c2cnccc12. The number of nitrogen functional groups attached to an aromatic ring is 1. The van der Waals surface area contributed by atoms with E-state index in [4.69, 9.17) is 10.5 Å². The summed E-state index contributed by atoms with van der Waals surface area (Å²) < 4.78 is 4.88. The fraction of sp³-hybridized carbons (Fsp3) is 0.375. The Morgan fingerprint density at radius 3 is 2.76 bits per heavy atom. The molecular weight excluding hydrogens is 266 g/mol. The van der Waals surface area contributed by atoms with Crippen molar-refractivity contribution < 1.29 is 9.53 Å². The van der Waals surface area contributed by atoms with Gasteiger partial charge in [-0.1, -0.05) is 13.8 Å². The van der Waals surface area contributed by atoms with Gasteiger partial charge in [-0.2, -0.15) is 0 Å². The molecule has 0 aliphatic carbocycles. The Hall–Kier alpha value is -2.30. The summed E-state index contributed by atoms with van der Waals surface area (Å²) in [5.74, 6) is 0.117. The molecule has 0 amide bonds. The van der Waals surface area contributed by atoms with Crippen LogP contribution in [0, 0.1) is 5.92 Å². The van der Waals surface area contributed by atoms with Gasteiger partial charge in [0.1, 0.15) is 6.04 Å². The van der Waals surface area contributed by atoms with Crippen molar-refractivity contribution in [3.05, 3.63) is 30.6 Å². The lowest BCUT2D eigenvalue weighted by molar-refractivity contribution is -0.141. The highest BCUT2D eigenvalue weighted by Crippen LogP contribution is 2.28. The minimum absolute atomic E-state index is 0.261. The van der Waals surface area contributed by atoms with Gasteiger partial charge in [0.15, 0.2) is 0 Å². The molecule has 1 heterocycles. The number of nitrogens with zero attached hydrogens (tertiary/aromatic N) is 1. The number of ether oxygens (including phenoxy) is 1. The third-order valence-electron chi connectivity index (χ3n) is 3.37. The van der Waals surface area contributed by atoms with E-state index in [2.05, 4.69) is 24.1 Å². The van der Waals surface area contributed by atoms with Crippen LogP contribution in [0.5, 0.6) is 0 Å². The van der Waals surface area contributed by atoms with Crippen LogP contribution in [0.15, 0.2) is 30.6 Å².